The molecule has 3 nitrogen and oxygen atoms in total. The highest BCUT2D eigenvalue weighted by molar-refractivity contribution is 7.10. The van der Waals surface area contributed by atoms with E-state index in [9.17, 15) is 9.18 Å². The van der Waals surface area contributed by atoms with Crippen LogP contribution in [0.5, 0.6) is 0 Å². The van der Waals surface area contributed by atoms with Crippen molar-refractivity contribution in [2.24, 2.45) is 0 Å². The van der Waals surface area contributed by atoms with E-state index in [-0.39, 0.29) is 22.9 Å². The van der Waals surface area contributed by atoms with Gasteiger partial charge in [-0.05, 0) is 30.3 Å². The molecule has 1 amide bonds. The van der Waals surface area contributed by atoms with E-state index in [0.29, 0.717) is 6.54 Å². The van der Waals surface area contributed by atoms with E-state index in [0.717, 1.165) is 16.2 Å². The van der Waals surface area contributed by atoms with Crippen LogP contribution in [-0.2, 0) is 17.8 Å². The molecule has 0 aliphatic carbocycles. The van der Waals surface area contributed by atoms with Crippen molar-refractivity contribution in [2.75, 3.05) is 0 Å². The number of hydrogen-bond donors (Lipinski definition) is 1. The fourth-order valence-electron chi connectivity index (χ4n) is 2.16. The van der Waals surface area contributed by atoms with E-state index in [1.165, 1.54) is 23.5 Å². The van der Waals surface area contributed by atoms with Crippen LogP contribution in [-0.4, -0.2) is 5.91 Å². The van der Waals surface area contributed by atoms with Crippen LogP contribution in [0.2, 0.25) is 5.02 Å². The summed E-state index contributed by atoms with van der Waals surface area (Å²) in [6.07, 6.45) is 1.54. The molecule has 2 heterocycles. The Morgan fingerprint density at radius 1 is 1.30 bits per heavy atom. The Morgan fingerprint density at radius 2 is 2.17 bits per heavy atom. The van der Waals surface area contributed by atoms with Crippen LogP contribution in [0.4, 0.5) is 4.39 Å². The van der Waals surface area contributed by atoms with Crippen molar-refractivity contribution in [2.45, 2.75) is 13.0 Å². The summed E-state index contributed by atoms with van der Waals surface area (Å²) < 4.78 is 19.0. The van der Waals surface area contributed by atoms with E-state index in [1.54, 1.807) is 12.3 Å². The summed E-state index contributed by atoms with van der Waals surface area (Å²) in [5.41, 5.74) is 1.19. The fourth-order valence-corrected chi connectivity index (χ4v) is 3.20. The summed E-state index contributed by atoms with van der Waals surface area (Å²) in [6, 6.07) is 10.0. The number of rotatable bonds is 5. The topological polar surface area (TPSA) is 42.2 Å². The van der Waals surface area contributed by atoms with Gasteiger partial charge in [-0.1, -0.05) is 17.7 Å². The molecule has 1 aromatic carbocycles. The molecule has 3 rings (SSSR count). The number of benzene rings is 1. The fraction of sp³-hybridized carbons (Fsp3) is 0.118. The van der Waals surface area contributed by atoms with Gasteiger partial charge in [0.1, 0.15) is 11.6 Å². The minimum atomic E-state index is -0.469. The van der Waals surface area contributed by atoms with Gasteiger partial charge in [0.05, 0.1) is 19.2 Å². The first kappa shape index (κ1) is 15.8. The van der Waals surface area contributed by atoms with E-state index in [4.69, 9.17) is 16.0 Å². The van der Waals surface area contributed by atoms with Crippen molar-refractivity contribution >= 4 is 28.8 Å². The zero-order valence-electron chi connectivity index (χ0n) is 12.0. The van der Waals surface area contributed by atoms with Crippen LogP contribution in [0.1, 0.15) is 10.4 Å². The Hall–Kier alpha value is -2.11. The quantitative estimate of drug-likeness (QED) is 0.728. The largest absolute Gasteiger partial charge is 0.464 e. The summed E-state index contributed by atoms with van der Waals surface area (Å²) in [5, 5.41) is 5.00. The van der Waals surface area contributed by atoms with E-state index in [2.05, 4.69) is 5.32 Å². The third kappa shape index (κ3) is 3.81. The highest BCUT2D eigenvalue weighted by Crippen LogP contribution is 2.26. The lowest BCUT2D eigenvalue weighted by Crippen LogP contribution is -2.24. The molecule has 6 heteroatoms. The molecule has 118 valence electrons. The third-order valence-electron chi connectivity index (χ3n) is 3.32. The summed E-state index contributed by atoms with van der Waals surface area (Å²) in [7, 11) is 0. The molecule has 0 saturated carbocycles. The number of furan rings is 1. The molecule has 0 saturated heterocycles. The van der Waals surface area contributed by atoms with Gasteiger partial charge in [-0.25, -0.2) is 4.39 Å². The van der Waals surface area contributed by atoms with Crippen LogP contribution in [0.15, 0.2) is 52.5 Å². The minimum Gasteiger partial charge on any atom is -0.464 e. The predicted molar refractivity (Wildman–Crippen MR) is 89.0 cm³/mol. The maximum Gasteiger partial charge on any atom is 0.224 e. The molecule has 0 atom stereocenters. The van der Waals surface area contributed by atoms with Gasteiger partial charge in [-0.2, -0.15) is 0 Å². The van der Waals surface area contributed by atoms with Crippen molar-refractivity contribution in [3.05, 3.63) is 69.3 Å². The van der Waals surface area contributed by atoms with Crippen LogP contribution < -0.4 is 5.32 Å². The van der Waals surface area contributed by atoms with E-state index >= 15 is 0 Å². The predicted octanol–water partition coefficient (Wildman–Crippen LogP) is 4.66. The normalized spacial score (nSPS) is 10.7. The Labute approximate surface area is 141 Å². The van der Waals surface area contributed by atoms with Crippen LogP contribution in [0.25, 0.3) is 11.3 Å². The zero-order chi connectivity index (χ0) is 16.2. The molecule has 0 spiro atoms. The molecular weight excluding hydrogens is 337 g/mol. The zero-order valence-corrected chi connectivity index (χ0v) is 13.6. The van der Waals surface area contributed by atoms with Crippen molar-refractivity contribution in [3.8, 4) is 11.3 Å². The van der Waals surface area contributed by atoms with Gasteiger partial charge in [0, 0.05) is 26.4 Å². The lowest BCUT2D eigenvalue weighted by molar-refractivity contribution is -0.120. The molecule has 2 aromatic heterocycles. The average Bonchev–Trinajstić information content (AvgIpc) is 3.19. The lowest BCUT2D eigenvalue weighted by atomic mass is 10.1. The van der Waals surface area contributed by atoms with Crippen molar-refractivity contribution in [3.63, 3.8) is 0 Å². The number of halogens is 2. The van der Waals surface area contributed by atoms with Crippen molar-refractivity contribution in [1.29, 1.82) is 0 Å². The first-order valence-corrected chi connectivity index (χ1v) is 8.20. The second-order valence-corrected chi connectivity index (χ2v) is 6.34. The summed E-state index contributed by atoms with van der Waals surface area (Å²) in [6.45, 7) is 0.385. The number of carbonyl (C=O) groups excluding carboxylic acids is 1. The van der Waals surface area contributed by atoms with Gasteiger partial charge in [-0.3, -0.25) is 4.79 Å². The Balaban J connectivity index is 1.59. The summed E-state index contributed by atoms with van der Waals surface area (Å²) in [4.78, 5) is 13.0. The van der Waals surface area contributed by atoms with Gasteiger partial charge >= 0.3 is 0 Å². The SMILES string of the molecule is O=C(Cc1c(F)cccc1Cl)NCc1cc(-c2ccco2)cs1. The van der Waals surface area contributed by atoms with E-state index < -0.39 is 5.82 Å². The Morgan fingerprint density at radius 3 is 2.91 bits per heavy atom. The molecule has 0 aliphatic heterocycles. The Kier molecular flexibility index (Phi) is 4.79. The number of thiophene rings is 1. The minimum absolute atomic E-state index is 0.0814. The second kappa shape index (κ2) is 6.98. The summed E-state index contributed by atoms with van der Waals surface area (Å²) >= 11 is 7.45. The van der Waals surface area contributed by atoms with Gasteiger partial charge < -0.3 is 9.73 Å². The molecule has 23 heavy (non-hydrogen) atoms. The lowest BCUT2D eigenvalue weighted by Gasteiger charge is -2.06. The Bertz CT molecular complexity index is 794. The van der Waals surface area contributed by atoms with Gasteiger partial charge in [0.2, 0.25) is 5.91 Å². The van der Waals surface area contributed by atoms with Crippen molar-refractivity contribution < 1.29 is 13.6 Å². The van der Waals surface area contributed by atoms with Gasteiger partial charge in [0.15, 0.2) is 0 Å². The highest BCUT2D eigenvalue weighted by atomic mass is 35.5. The van der Waals surface area contributed by atoms with Crippen LogP contribution in [0, 0.1) is 5.82 Å². The van der Waals surface area contributed by atoms with E-state index in [1.807, 2.05) is 23.6 Å². The molecule has 0 fully saturated rings. The monoisotopic (exact) mass is 349 g/mol. The van der Waals surface area contributed by atoms with Gasteiger partial charge in [-0.15, -0.1) is 11.3 Å². The van der Waals surface area contributed by atoms with Crippen LogP contribution in [0.3, 0.4) is 0 Å². The standard InChI is InChI=1S/C17H13ClFNO2S/c18-14-3-1-4-15(19)13(14)8-17(21)20-9-12-7-11(10-23-12)16-5-2-6-22-16/h1-7,10H,8-9H2,(H,20,21). The number of nitrogens with one attached hydrogen (secondary N) is 1. The maximum atomic E-state index is 13.7. The molecule has 0 radical (unpaired) electrons. The highest BCUT2D eigenvalue weighted by Gasteiger charge is 2.12. The number of amides is 1. The van der Waals surface area contributed by atoms with Crippen LogP contribution >= 0.6 is 22.9 Å². The first-order chi connectivity index (χ1) is 11.1. The average molecular weight is 350 g/mol. The maximum absolute atomic E-state index is 13.7. The van der Waals surface area contributed by atoms with Gasteiger partial charge in [0.25, 0.3) is 0 Å². The third-order valence-corrected chi connectivity index (χ3v) is 4.61. The first-order valence-electron chi connectivity index (χ1n) is 6.94. The smallest absolute Gasteiger partial charge is 0.224 e. The number of carbonyl (C=O) groups is 1. The molecule has 0 aliphatic rings. The number of hydrogen-bond acceptors (Lipinski definition) is 3. The molecule has 1 N–H and O–H groups in total. The molecule has 0 unspecified atom stereocenters. The molecule has 0 bridgehead atoms. The summed E-state index contributed by atoms with van der Waals surface area (Å²) in [5.74, 6) is 0.0470. The molecular formula is C17H13ClFNO2S. The van der Waals surface area contributed by atoms with Crippen molar-refractivity contribution in [1.82, 2.24) is 5.32 Å². The second-order valence-electron chi connectivity index (χ2n) is 4.93. The molecule has 3 aromatic rings.